The first-order valence-electron chi connectivity index (χ1n) is 6.27. The Morgan fingerprint density at radius 3 is 2.33 bits per heavy atom. The number of imide groups is 1. The van der Waals surface area contributed by atoms with Crippen LogP contribution in [-0.2, 0) is 6.42 Å². The zero-order valence-corrected chi connectivity index (χ0v) is 11.7. The van der Waals surface area contributed by atoms with Crippen molar-refractivity contribution in [3.63, 3.8) is 0 Å². The number of hydrogen-bond donors (Lipinski definition) is 1. The molecule has 0 atom stereocenters. The summed E-state index contributed by atoms with van der Waals surface area (Å²) >= 11 is 1.16. The Labute approximate surface area is 124 Å². The molecule has 1 aliphatic rings. The van der Waals surface area contributed by atoms with E-state index >= 15 is 0 Å². The van der Waals surface area contributed by atoms with Gasteiger partial charge in [0, 0.05) is 18.3 Å². The summed E-state index contributed by atoms with van der Waals surface area (Å²) in [5.74, 6) is -1.16. The zero-order valence-electron chi connectivity index (χ0n) is 10.9. The second-order valence-electron chi connectivity index (χ2n) is 4.57. The van der Waals surface area contributed by atoms with Gasteiger partial charge in [0.25, 0.3) is 17.7 Å². The fourth-order valence-electron chi connectivity index (χ4n) is 2.20. The minimum atomic E-state index is -0.577. The van der Waals surface area contributed by atoms with E-state index < -0.39 is 5.91 Å². The number of aromatic nitrogens is 1. The van der Waals surface area contributed by atoms with Crippen molar-refractivity contribution < 1.29 is 14.4 Å². The van der Waals surface area contributed by atoms with Crippen LogP contribution in [0, 0.1) is 0 Å². The molecule has 3 amide bonds. The van der Waals surface area contributed by atoms with Crippen molar-refractivity contribution in [2.75, 3.05) is 6.54 Å². The number of benzene rings is 1. The summed E-state index contributed by atoms with van der Waals surface area (Å²) in [5, 5.41) is 1.94. The lowest BCUT2D eigenvalue weighted by Gasteiger charge is -2.12. The van der Waals surface area contributed by atoms with E-state index in [4.69, 9.17) is 5.73 Å². The van der Waals surface area contributed by atoms with Crippen LogP contribution in [0.25, 0.3) is 0 Å². The molecule has 0 spiro atoms. The van der Waals surface area contributed by atoms with Crippen molar-refractivity contribution in [1.29, 1.82) is 0 Å². The molecule has 106 valence electrons. The van der Waals surface area contributed by atoms with E-state index in [0.717, 1.165) is 11.3 Å². The first-order valence-corrected chi connectivity index (χ1v) is 7.15. The molecule has 1 aromatic carbocycles. The molecule has 1 aliphatic heterocycles. The largest absolute Gasteiger partial charge is 0.364 e. The highest BCUT2D eigenvalue weighted by molar-refractivity contribution is 7.11. The molecule has 0 saturated carbocycles. The van der Waals surface area contributed by atoms with Gasteiger partial charge < -0.3 is 5.73 Å². The van der Waals surface area contributed by atoms with Gasteiger partial charge in [0.05, 0.1) is 16.8 Å². The molecule has 0 fully saturated rings. The van der Waals surface area contributed by atoms with E-state index in [0.29, 0.717) is 23.2 Å². The number of thiazole rings is 1. The molecule has 3 rings (SSSR count). The molecule has 0 radical (unpaired) electrons. The lowest BCUT2D eigenvalue weighted by Crippen LogP contribution is -2.31. The molecule has 0 bridgehead atoms. The smallest absolute Gasteiger partial charge is 0.277 e. The van der Waals surface area contributed by atoms with Crippen molar-refractivity contribution >= 4 is 29.1 Å². The van der Waals surface area contributed by atoms with Crippen LogP contribution in [0.5, 0.6) is 0 Å². The quantitative estimate of drug-likeness (QED) is 0.855. The van der Waals surface area contributed by atoms with Gasteiger partial charge in [0.15, 0.2) is 5.01 Å². The van der Waals surface area contributed by atoms with Gasteiger partial charge in [-0.05, 0) is 12.1 Å². The van der Waals surface area contributed by atoms with E-state index in [1.807, 2.05) is 0 Å². The molecule has 6 nitrogen and oxygen atoms in total. The maximum absolute atomic E-state index is 12.2. The summed E-state index contributed by atoms with van der Waals surface area (Å²) in [6, 6.07) is 6.74. The van der Waals surface area contributed by atoms with Gasteiger partial charge in [-0.25, -0.2) is 4.98 Å². The summed E-state index contributed by atoms with van der Waals surface area (Å²) in [4.78, 5) is 40.6. The van der Waals surface area contributed by atoms with Crippen LogP contribution in [0.3, 0.4) is 0 Å². The molecule has 0 saturated heterocycles. The number of carbonyl (C=O) groups excluding carboxylic acids is 3. The zero-order chi connectivity index (χ0) is 15.0. The first-order chi connectivity index (χ1) is 10.1. The Morgan fingerprint density at radius 2 is 1.81 bits per heavy atom. The van der Waals surface area contributed by atoms with Crippen LogP contribution >= 0.6 is 11.3 Å². The Hall–Kier alpha value is -2.54. The van der Waals surface area contributed by atoms with Crippen LogP contribution in [0.15, 0.2) is 29.6 Å². The van der Waals surface area contributed by atoms with Crippen molar-refractivity contribution in [3.05, 3.63) is 51.5 Å². The monoisotopic (exact) mass is 301 g/mol. The predicted molar refractivity (Wildman–Crippen MR) is 76.1 cm³/mol. The molecular formula is C14H11N3O3S. The molecular weight excluding hydrogens is 290 g/mol. The van der Waals surface area contributed by atoms with Gasteiger partial charge in [0.1, 0.15) is 0 Å². The maximum Gasteiger partial charge on any atom is 0.277 e. The highest BCUT2D eigenvalue weighted by atomic mass is 32.1. The Bertz CT molecular complexity index is 718. The second-order valence-corrected chi connectivity index (χ2v) is 5.42. The van der Waals surface area contributed by atoms with Gasteiger partial charge in [-0.1, -0.05) is 12.1 Å². The highest BCUT2D eigenvalue weighted by Crippen LogP contribution is 2.22. The SMILES string of the molecule is NC(=O)c1nc(CCN2C(=O)c3ccccc3C2=O)cs1. The molecule has 0 unspecified atom stereocenters. The molecule has 2 aromatic rings. The third-order valence-electron chi connectivity index (χ3n) is 3.23. The summed E-state index contributed by atoms with van der Waals surface area (Å²) in [5.41, 5.74) is 6.64. The maximum atomic E-state index is 12.2. The Kier molecular flexibility index (Phi) is 3.26. The van der Waals surface area contributed by atoms with Gasteiger partial charge >= 0.3 is 0 Å². The van der Waals surface area contributed by atoms with Crippen LogP contribution in [-0.4, -0.2) is 34.2 Å². The minimum Gasteiger partial charge on any atom is -0.364 e. The molecule has 2 N–H and O–H groups in total. The summed E-state index contributed by atoms with van der Waals surface area (Å²) in [6.07, 6.45) is 0.398. The van der Waals surface area contributed by atoms with Crippen LogP contribution < -0.4 is 5.73 Å². The number of rotatable bonds is 4. The fraction of sp³-hybridized carbons (Fsp3) is 0.143. The van der Waals surface area contributed by atoms with Crippen molar-refractivity contribution in [1.82, 2.24) is 9.88 Å². The van der Waals surface area contributed by atoms with Gasteiger partial charge in [-0.2, -0.15) is 0 Å². The van der Waals surface area contributed by atoms with Gasteiger partial charge in [-0.15, -0.1) is 11.3 Å². The van der Waals surface area contributed by atoms with E-state index in [1.54, 1.807) is 29.6 Å². The second kappa shape index (κ2) is 5.10. The minimum absolute atomic E-state index is 0.229. The molecule has 7 heteroatoms. The molecule has 2 heterocycles. The van der Waals surface area contributed by atoms with Gasteiger partial charge in [0.2, 0.25) is 0 Å². The normalized spacial score (nSPS) is 13.6. The van der Waals surface area contributed by atoms with Crippen LogP contribution in [0.4, 0.5) is 0 Å². The van der Waals surface area contributed by atoms with Crippen LogP contribution in [0.2, 0.25) is 0 Å². The number of fused-ring (bicyclic) bond motifs is 1. The lowest BCUT2D eigenvalue weighted by molar-refractivity contribution is 0.0655. The highest BCUT2D eigenvalue weighted by Gasteiger charge is 2.34. The molecule has 21 heavy (non-hydrogen) atoms. The van der Waals surface area contributed by atoms with Crippen LogP contribution in [0.1, 0.15) is 36.2 Å². The average molecular weight is 301 g/mol. The summed E-state index contributed by atoms with van der Waals surface area (Å²) < 4.78 is 0. The number of carbonyl (C=O) groups is 3. The topological polar surface area (TPSA) is 93.4 Å². The summed E-state index contributed by atoms with van der Waals surface area (Å²) in [7, 11) is 0. The molecule has 0 aliphatic carbocycles. The number of nitrogens with two attached hydrogens (primary N) is 1. The standard InChI is InChI=1S/C14H11N3O3S/c15-11(18)12-16-8(7-21-12)5-6-17-13(19)9-3-1-2-4-10(9)14(17)20/h1-4,7H,5-6H2,(H2,15,18). The number of hydrogen-bond acceptors (Lipinski definition) is 5. The average Bonchev–Trinajstić information content (AvgIpc) is 3.03. The van der Waals surface area contributed by atoms with Gasteiger partial charge in [-0.3, -0.25) is 19.3 Å². The molecule has 1 aromatic heterocycles. The van der Waals surface area contributed by atoms with E-state index in [9.17, 15) is 14.4 Å². The number of primary amides is 1. The predicted octanol–water partition coefficient (Wildman–Crippen LogP) is 1.08. The third kappa shape index (κ3) is 2.31. The number of nitrogens with zero attached hydrogens (tertiary/aromatic N) is 2. The number of amides is 3. The van der Waals surface area contributed by atoms with Crippen molar-refractivity contribution in [2.45, 2.75) is 6.42 Å². The third-order valence-corrected chi connectivity index (χ3v) is 4.14. The van der Waals surface area contributed by atoms with Crippen molar-refractivity contribution in [3.8, 4) is 0 Å². The summed E-state index contributed by atoms with van der Waals surface area (Å²) in [6.45, 7) is 0.230. The Balaban J connectivity index is 1.73. The van der Waals surface area contributed by atoms with E-state index in [-0.39, 0.29) is 23.4 Å². The van der Waals surface area contributed by atoms with E-state index in [2.05, 4.69) is 4.98 Å². The van der Waals surface area contributed by atoms with E-state index in [1.165, 1.54) is 4.90 Å². The van der Waals surface area contributed by atoms with Crippen molar-refractivity contribution in [2.24, 2.45) is 5.73 Å². The fourth-order valence-corrected chi connectivity index (χ4v) is 2.91. The lowest BCUT2D eigenvalue weighted by atomic mass is 10.1. The Morgan fingerprint density at radius 1 is 1.19 bits per heavy atom. The first kappa shape index (κ1) is 13.4.